The maximum absolute atomic E-state index is 13.3. The molecule has 0 bridgehead atoms. The Kier molecular flexibility index (Phi) is 9.02. The second kappa shape index (κ2) is 12.0. The number of rotatable bonds is 9. The lowest BCUT2D eigenvalue weighted by molar-refractivity contribution is 0.260. The third-order valence-electron chi connectivity index (χ3n) is 4.38. The molecule has 2 aromatic heterocycles. The van der Waals surface area contributed by atoms with Crippen molar-refractivity contribution in [3.8, 4) is 5.75 Å². The predicted octanol–water partition coefficient (Wildman–Crippen LogP) is 4.83. The first-order valence-electron chi connectivity index (χ1n) is 10.1. The van der Waals surface area contributed by atoms with E-state index in [1.54, 1.807) is 42.7 Å². The van der Waals surface area contributed by atoms with Gasteiger partial charge in [0.15, 0.2) is 0 Å². The molecule has 13 heteroatoms. The van der Waals surface area contributed by atoms with Crippen molar-refractivity contribution >= 4 is 60.5 Å². The molecule has 0 aliphatic heterocycles. The van der Waals surface area contributed by atoms with Gasteiger partial charge in [0, 0.05) is 36.9 Å². The van der Waals surface area contributed by atoms with E-state index in [1.165, 1.54) is 12.5 Å². The second-order valence-electron chi connectivity index (χ2n) is 7.09. The van der Waals surface area contributed by atoms with Crippen LogP contribution in [0.4, 0.5) is 22.0 Å². The number of urea groups is 1. The highest BCUT2D eigenvalue weighted by Crippen LogP contribution is 2.28. The zero-order valence-electron chi connectivity index (χ0n) is 18.2. The van der Waals surface area contributed by atoms with Crippen LogP contribution < -0.4 is 21.1 Å². The lowest BCUT2D eigenvalue weighted by Crippen LogP contribution is -2.12. The summed E-state index contributed by atoms with van der Waals surface area (Å²) in [6, 6.07) is 7.31. The summed E-state index contributed by atoms with van der Waals surface area (Å²) in [7, 11) is -3.10. The molecule has 34 heavy (non-hydrogen) atoms. The Morgan fingerprint density at radius 2 is 2.12 bits per heavy atom. The second-order valence-corrected chi connectivity index (χ2v) is 10.5. The molecule has 0 fully saturated rings. The maximum Gasteiger partial charge on any atom is 0.353 e. The van der Waals surface area contributed by atoms with Crippen molar-refractivity contribution in [2.24, 2.45) is 4.36 Å². The van der Waals surface area contributed by atoms with Crippen LogP contribution >= 0.6 is 27.5 Å². The number of hydrogen-bond donors (Lipinski definition) is 3. The summed E-state index contributed by atoms with van der Waals surface area (Å²) in [6.07, 6.45) is 7.46. The molecule has 1 atom stereocenters. The Morgan fingerprint density at radius 1 is 1.29 bits per heavy atom. The molecule has 2 amide bonds. The van der Waals surface area contributed by atoms with E-state index in [0.717, 1.165) is 6.42 Å². The first-order chi connectivity index (χ1) is 16.2. The molecule has 3 aromatic rings. The third-order valence-corrected chi connectivity index (χ3v) is 6.81. The van der Waals surface area contributed by atoms with E-state index in [0.29, 0.717) is 51.9 Å². The SMILES string of the molecule is CS(=O)(=NC(=O)Nc1cccnc1)c1ccc(N)cc1OCCCCNc1nc(Cl)ncc1Br. The molecule has 0 aliphatic rings. The number of aromatic nitrogens is 3. The van der Waals surface area contributed by atoms with E-state index >= 15 is 0 Å². The molecular weight excluding hydrogens is 546 g/mol. The molecular formula is C21H23BrClN7O3S. The molecule has 1 aromatic carbocycles. The van der Waals surface area contributed by atoms with Gasteiger partial charge in [-0.1, -0.05) is 0 Å². The van der Waals surface area contributed by atoms with Crippen molar-refractivity contribution in [2.45, 2.75) is 17.7 Å². The van der Waals surface area contributed by atoms with Gasteiger partial charge < -0.3 is 21.1 Å². The number of carbonyl (C=O) groups excluding carboxylic acids is 1. The summed E-state index contributed by atoms with van der Waals surface area (Å²) in [5.74, 6) is 0.930. The van der Waals surface area contributed by atoms with Gasteiger partial charge in [-0.05, 0) is 64.6 Å². The fraction of sp³-hybridized carbons (Fsp3) is 0.238. The largest absolute Gasteiger partial charge is 0.492 e. The monoisotopic (exact) mass is 567 g/mol. The van der Waals surface area contributed by atoms with Gasteiger partial charge >= 0.3 is 6.03 Å². The first kappa shape index (κ1) is 25.7. The number of nitrogens with two attached hydrogens (primary N) is 1. The quantitative estimate of drug-likeness (QED) is 0.189. The Balaban J connectivity index is 1.60. The van der Waals surface area contributed by atoms with Gasteiger partial charge in [0.25, 0.3) is 0 Å². The summed E-state index contributed by atoms with van der Waals surface area (Å²) in [6.45, 7) is 0.981. The number of hydrogen-bond acceptors (Lipinski definition) is 8. The van der Waals surface area contributed by atoms with Crippen LogP contribution in [0.5, 0.6) is 5.75 Å². The number of pyridine rings is 1. The van der Waals surface area contributed by atoms with Crippen LogP contribution in [0, 0.1) is 0 Å². The Bertz CT molecular complexity index is 1270. The normalized spacial score (nSPS) is 12.4. The van der Waals surface area contributed by atoms with Crippen molar-refractivity contribution in [2.75, 3.05) is 35.8 Å². The summed E-state index contributed by atoms with van der Waals surface area (Å²) in [5.41, 5.74) is 6.78. The van der Waals surface area contributed by atoms with Crippen LogP contribution in [-0.4, -0.2) is 44.6 Å². The molecule has 180 valence electrons. The molecule has 0 saturated carbocycles. The molecule has 2 heterocycles. The molecule has 0 spiro atoms. The molecule has 1 unspecified atom stereocenters. The number of nitrogen functional groups attached to an aromatic ring is 1. The van der Waals surface area contributed by atoms with Crippen molar-refractivity contribution in [1.82, 2.24) is 15.0 Å². The fourth-order valence-corrected chi connectivity index (χ4v) is 4.56. The summed E-state index contributed by atoms with van der Waals surface area (Å²) in [5, 5.41) is 5.87. The summed E-state index contributed by atoms with van der Waals surface area (Å²) in [4.78, 5) is 24.5. The van der Waals surface area contributed by atoms with E-state index in [9.17, 15) is 9.00 Å². The smallest absolute Gasteiger partial charge is 0.353 e. The van der Waals surface area contributed by atoms with Crippen molar-refractivity contribution in [3.63, 3.8) is 0 Å². The lowest BCUT2D eigenvalue weighted by Gasteiger charge is -2.14. The van der Waals surface area contributed by atoms with E-state index in [-0.39, 0.29) is 5.28 Å². The number of anilines is 3. The molecule has 10 nitrogen and oxygen atoms in total. The van der Waals surface area contributed by atoms with Gasteiger partial charge in [-0.25, -0.2) is 14.0 Å². The highest BCUT2D eigenvalue weighted by Gasteiger charge is 2.16. The van der Waals surface area contributed by atoms with Gasteiger partial charge in [-0.15, -0.1) is 4.36 Å². The minimum Gasteiger partial charge on any atom is -0.492 e. The van der Waals surface area contributed by atoms with E-state index in [4.69, 9.17) is 22.1 Å². The fourth-order valence-electron chi connectivity index (χ4n) is 2.83. The van der Waals surface area contributed by atoms with Gasteiger partial charge in [-0.2, -0.15) is 4.98 Å². The van der Waals surface area contributed by atoms with Gasteiger partial charge in [0.05, 0.1) is 37.6 Å². The number of amides is 2. The molecule has 0 aliphatic carbocycles. The average molecular weight is 569 g/mol. The number of unbranched alkanes of at least 4 members (excludes halogenated alkanes) is 1. The van der Waals surface area contributed by atoms with E-state index in [2.05, 4.69) is 45.9 Å². The third kappa shape index (κ3) is 7.54. The number of nitrogens with one attached hydrogen (secondary N) is 2. The minimum absolute atomic E-state index is 0.158. The van der Waals surface area contributed by atoms with Crippen molar-refractivity contribution in [1.29, 1.82) is 0 Å². The molecule has 0 radical (unpaired) electrons. The summed E-state index contributed by atoms with van der Waals surface area (Å²) < 4.78 is 23.7. The Hall–Kier alpha value is -2.96. The van der Waals surface area contributed by atoms with Gasteiger partial charge in [-0.3, -0.25) is 4.98 Å². The first-order valence-corrected chi connectivity index (χ1v) is 13.2. The molecule has 3 rings (SSSR count). The van der Waals surface area contributed by atoms with E-state index in [1.807, 2.05) is 0 Å². The zero-order chi connectivity index (χ0) is 24.6. The minimum atomic E-state index is -3.10. The lowest BCUT2D eigenvalue weighted by atomic mass is 10.3. The Labute approximate surface area is 211 Å². The number of benzene rings is 1. The topological polar surface area (TPSA) is 144 Å². The van der Waals surface area contributed by atoms with Gasteiger partial charge in [0.1, 0.15) is 11.6 Å². The van der Waals surface area contributed by atoms with Crippen LogP contribution in [0.15, 0.2) is 62.7 Å². The van der Waals surface area contributed by atoms with Crippen LogP contribution in [0.25, 0.3) is 0 Å². The summed E-state index contributed by atoms with van der Waals surface area (Å²) >= 11 is 9.17. The average Bonchev–Trinajstić information content (AvgIpc) is 2.78. The molecule has 4 N–H and O–H groups in total. The number of ether oxygens (including phenoxy) is 1. The van der Waals surface area contributed by atoms with E-state index < -0.39 is 15.8 Å². The zero-order valence-corrected chi connectivity index (χ0v) is 21.4. The van der Waals surface area contributed by atoms with Crippen LogP contribution in [0.1, 0.15) is 12.8 Å². The van der Waals surface area contributed by atoms with Crippen LogP contribution in [-0.2, 0) is 9.73 Å². The number of halogens is 2. The van der Waals surface area contributed by atoms with Crippen LogP contribution in [0.3, 0.4) is 0 Å². The predicted molar refractivity (Wildman–Crippen MR) is 137 cm³/mol. The van der Waals surface area contributed by atoms with Crippen molar-refractivity contribution < 1.29 is 13.7 Å². The number of carbonyl (C=O) groups is 1. The van der Waals surface area contributed by atoms with Crippen LogP contribution in [0.2, 0.25) is 5.28 Å². The Morgan fingerprint density at radius 3 is 2.88 bits per heavy atom. The highest BCUT2D eigenvalue weighted by atomic mass is 79.9. The standard InChI is InChI=1S/C21H23BrClN7O3S/c1-34(32,30-21(31)28-15-5-4-8-25-12-15)18-7-6-14(24)11-17(18)33-10-3-2-9-26-19-16(22)13-27-20(23)29-19/h4-8,11-13H,2-3,9-10,24H2,1H3,(H,28,31)(H,26,27,29). The van der Waals surface area contributed by atoms with Gasteiger partial charge in [0.2, 0.25) is 5.28 Å². The highest BCUT2D eigenvalue weighted by molar-refractivity contribution is 9.10. The molecule has 0 saturated heterocycles. The van der Waals surface area contributed by atoms with Crippen molar-refractivity contribution in [3.05, 3.63) is 58.7 Å². The maximum atomic E-state index is 13.3. The number of nitrogens with zero attached hydrogens (tertiary/aromatic N) is 4.